The van der Waals surface area contributed by atoms with Gasteiger partial charge in [-0.25, -0.2) is 4.79 Å². The third-order valence-electron chi connectivity index (χ3n) is 6.36. The molecule has 188 valence electrons. The fourth-order valence-corrected chi connectivity index (χ4v) is 4.28. The van der Waals surface area contributed by atoms with Crippen LogP contribution in [0.15, 0.2) is 66.7 Å². The van der Waals surface area contributed by atoms with Gasteiger partial charge in [-0.1, -0.05) is 48.5 Å². The molecule has 36 heavy (non-hydrogen) atoms. The van der Waals surface area contributed by atoms with Crippen LogP contribution in [0.1, 0.15) is 37.4 Å². The van der Waals surface area contributed by atoms with Crippen LogP contribution in [0.3, 0.4) is 0 Å². The molecule has 0 saturated carbocycles. The first kappa shape index (κ1) is 25.1. The van der Waals surface area contributed by atoms with Crippen LogP contribution < -0.4 is 15.4 Å². The fraction of sp³-hybridized carbons (Fsp3) is 0.296. The average Bonchev–Trinajstić information content (AvgIpc) is 3.06. The summed E-state index contributed by atoms with van der Waals surface area (Å²) in [6.07, 6.45) is 0.689. The molecule has 4 amide bonds. The van der Waals surface area contributed by atoms with Gasteiger partial charge in [0.1, 0.15) is 17.8 Å². The minimum absolute atomic E-state index is 0.0420. The highest BCUT2D eigenvalue weighted by molar-refractivity contribution is 6.08. The summed E-state index contributed by atoms with van der Waals surface area (Å²) < 4.78 is 29.0. The number of hydrogen-bond acceptors (Lipinski definition) is 4. The van der Waals surface area contributed by atoms with Gasteiger partial charge in [-0.15, -0.1) is 0 Å². The molecule has 1 aliphatic rings. The standard InChI is InChI=1S/C27H27F2N3O4/c1-17(20-10-9-19-5-3-4-6-21(19)15-20)30-23(33)16-32-24(34)27(2,31-26(32)35)14-13-18-7-11-22(12-8-18)36-25(28)29/h3-12,15,17,25H,13-14,16H2,1-2H3,(H,30,33)(H,31,35). The van der Waals surface area contributed by atoms with E-state index in [4.69, 9.17) is 0 Å². The zero-order chi connectivity index (χ0) is 25.9. The molecular formula is C27H27F2N3O4. The van der Waals surface area contributed by atoms with Crippen LogP contribution in [-0.4, -0.2) is 41.4 Å². The first-order chi connectivity index (χ1) is 17.1. The molecule has 1 saturated heterocycles. The molecule has 3 aromatic carbocycles. The smallest absolute Gasteiger partial charge is 0.387 e. The third kappa shape index (κ3) is 5.62. The van der Waals surface area contributed by atoms with E-state index in [1.165, 1.54) is 12.1 Å². The van der Waals surface area contributed by atoms with Gasteiger partial charge in [0.05, 0.1) is 6.04 Å². The Balaban J connectivity index is 1.34. The van der Waals surface area contributed by atoms with Crippen LogP contribution in [0, 0.1) is 0 Å². The topological polar surface area (TPSA) is 87.7 Å². The molecule has 2 unspecified atom stereocenters. The molecule has 2 atom stereocenters. The molecule has 0 radical (unpaired) electrons. The first-order valence-corrected chi connectivity index (χ1v) is 11.6. The van der Waals surface area contributed by atoms with E-state index in [1.54, 1.807) is 19.1 Å². The van der Waals surface area contributed by atoms with E-state index in [2.05, 4.69) is 15.4 Å². The molecule has 0 spiro atoms. The number of amides is 4. The number of rotatable bonds is 9. The second-order valence-electron chi connectivity index (χ2n) is 9.07. The number of halogens is 2. The molecule has 9 heteroatoms. The summed E-state index contributed by atoms with van der Waals surface area (Å²) in [5, 5.41) is 7.68. The molecule has 2 N–H and O–H groups in total. The number of hydrogen-bond donors (Lipinski definition) is 2. The van der Waals surface area contributed by atoms with Gasteiger partial charge < -0.3 is 15.4 Å². The van der Waals surface area contributed by atoms with Crippen molar-refractivity contribution in [2.75, 3.05) is 6.54 Å². The number of urea groups is 1. The molecular weight excluding hydrogens is 468 g/mol. The van der Waals surface area contributed by atoms with E-state index in [0.29, 0.717) is 6.42 Å². The van der Waals surface area contributed by atoms with E-state index < -0.39 is 36.5 Å². The van der Waals surface area contributed by atoms with Crippen LogP contribution in [0.25, 0.3) is 10.8 Å². The Morgan fingerprint density at radius 1 is 1.06 bits per heavy atom. The summed E-state index contributed by atoms with van der Waals surface area (Å²) in [6.45, 7) is 0.157. The van der Waals surface area contributed by atoms with Crippen LogP contribution in [-0.2, 0) is 16.0 Å². The molecule has 4 rings (SSSR count). The molecule has 0 bridgehead atoms. The van der Waals surface area contributed by atoms with Crippen molar-refractivity contribution >= 4 is 28.6 Å². The van der Waals surface area contributed by atoms with Crippen molar-refractivity contribution in [3.8, 4) is 5.75 Å². The Morgan fingerprint density at radius 2 is 1.75 bits per heavy atom. The maximum atomic E-state index is 13.0. The number of fused-ring (bicyclic) bond motifs is 1. The lowest BCUT2D eigenvalue weighted by Crippen LogP contribution is -2.45. The summed E-state index contributed by atoms with van der Waals surface area (Å²) in [4.78, 5) is 39.2. The van der Waals surface area contributed by atoms with Gasteiger partial charge in [0, 0.05) is 0 Å². The van der Waals surface area contributed by atoms with Crippen LogP contribution in [0.2, 0.25) is 0 Å². The largest absolute Gasteiger partial charge is 0.435 e. The van der Waals surface area contributed by atoms with Gasteiger partial charge in [-0.05, 0) is 66.8 Å². The molecule has 1 heterocycles. The van der Waals surface area contributed by atoms with Gasteiger partial charge in [-0.2, -0.15) is 8.78 Å². The fourth-order valence-electron chi connectivity index (χ4n) is 4.28. The van der Waals surface area contributed by atoms with E-state index in [1.807, 2.05) is 49.4 Å². The Labute approximate surface area is 207 Å². The predicted molar refractivity (Wildman–Crippen MR) is 131 cm³/mol. The van der Waals surface area contributed by atoms with Crippen molar-refractivity contribution in [2.24, 2.45) is 0 Å². The van der Waals surface area contributed by atoms with Gasteiger partial charge in [-0.3, -0.25) is 14.5 Å². The second-order valence-corrected chi connectivity index (χ2v) is 9.07. The van der Waals surface area contributed by atoms with Crippen molar-refractivity contribution in [1.29, 1.82) is 0 Å². The predicted octanol–water partition coefficient (Wildman–Crippen LogP) is 4.56. The molecule has 0 aliphatic carbocycles. The van der Waals surface area contributed by atoms with E-state index in [-0.39, 0.29) is 18.2 Å². The average molecular weight is 496 g/mol. The van der Waals surface area contributed by atoms with Gasteiger partial charge in [0.25, 0.3) is 5.91 Å². The molecule has 1 aliphatic heterocycles. The number of carbonyl (C=O) groups is 3. The molecule has 3 aromatic rings. The van der Waals surface area contributed by atoms with Crippen molar-refractivity contribution in [3.05, 3.63) is 77.9 Å². The second kappa shape index (κ2) is 10.3. The summed E-state index contributed by atoms with van der Waals surface area (Å²) in [5.41, 5.74) is 0.522. The molecule has 1 fully saturated rings. The Morgan fingerprint density at radius 3 is 2.44 bits per heavy atom. The summed E-state index contributed by atoms with van der Waals surface area (Å²) >= 11 is 0. The highest BCUT2D eigenvalue weighted by atomic mass is 19.3. The number of alkyl halides is 2. The zero-order valence-electron chi connectivity index (χ0n) is 20.0. The monoisotopic (exact) mass is 495 g/mol. The van der Waals surface area contributed by atoms with Crippen molar-refractivity contribution < 1.29 is 27.9 Å². The normalized spacial score (nSPS) is 18.4. The lowest BCUT2D eigenvalue weighted by Gasteiger charge is -2.22. The number of carbonyl (C=O) groups excluding carboxylic acids is 3. The van der Waals surface area contributed by atoms with Gasteiger partial charge in [0.2, 0.25) is 5.91 Å². The van der Waals surface area contributed by atoms with Crippen LogP contribution in [0.5, 0.6) is 5.75 Å². The van der Waals surface area contributed by atoms with Crippen molar-refractivity contribution in [1.82, 2.24) is 15.5 Å². The number of imide groups is 1. The van der Waals surface area contributed by atoms with E-state index in [0.717, 1.165) is 26.8 Å². The maximum Gasteiger partial charge on any atom is 0.387 e. The summed E-state index contributed by atoms with van der Waals surface area (Å²) in [6, 6.07) is 19.0. The molecule has 7 nitrogen and oxygen atoms in total. The van der Waals surface area contributed by atoms with Gasteiger partial charge >= 0.3 is 12.6 Å². The lowest BCUT2D eigenvalue weighted by molar-refractivity contribution is -0.134. The highest BCUT2D eigenvalue weighted by Crippen LogP contribution is 2.25. The number of nitrogens with zero attached hydrogens (tertiary/aromatic N) is 1. The van der Waals surface area contributed by atoms with Crippen molar-refractivity contribution in [2.45, 2.75) is 44.9 Å². The minimum Gasteiger partial charge on any atom is -0.435 e. The molecule has 0 aromatic heterocycles. The SMILES string of the molecule is CC(NC(=O)CN1C(=O)NC(C)(CCc2ccc(OC(F)F)cc2)C1=O)c1ccc2ccccc2c1. The number of aryl methyl sites for hydroxylation is 1. The van der Waals surface area contributed by atoms with Crippen LogP contribution in [0.4, 0.5) is 13.6 Å². The number of nitrogens with one attached hydrogen (secondary N) is 2. The number of benzene rings is 3. The quantitative estimate of drug-likeness (QED) is 0.426. The number of ether oxygens (including phenoxy) is 1. The minimum atomic E-state index is -2.90. The Hall–Kier alpha value is -4.01. The van der Waals surface area contributed by atoms with E-state index in [9.17, 15) is 23.2 Å². The Kier molecular flexibility index (Phi) is 7.19. The van der Waals surface area contributed by atoms with E-state index >= 15 is 0 Å². The maximum absolute atomic E-state index is 13.0. The van der Waals surface area contributed by atoms with Gasteiger partial charge in [0.15, 0.2) is 0 Å². The van der Waals surface area contributed by atoms with Crippen LogP contribution >= 0.6 is 0 Å². The van der Waals surface area contributed by atoms with Crippen molar-refractivity contribution in [3.63, 3.8) is 0 Å². The highest BCUT2D eigenvalue weighted by Gasteiger charge is 2.47. The summed E-state index contributed by atoms with van der Waals surface area (Å²) in [5.74, 6) is -0.892. The third-order valence-corrected chi connectivity index (χ3v) is 6.36. The Bertz CT molecular complexity index is 1280. The lowest BCUT2D eigenvalue weighted by atomic mass is 9.93. The zero-order valence-corrected chi connectivity index (χ0v) is 20.0. The first-order valence-electron chi connectivity index (χ1n) is 11.6. The summed E-state index contributed by atoms with van der Waals surface area (Å²) in [7, 11) is 0.